The third kappa shape index (κ3) is 11.4. The van der Waals surface area contributed by atoms with Gasteiger partial charge in [-0.05, 0) is 47.9 Å². The van der Waals surface area contributed by atoms with Crippen LogP contribution in [0.4, 0.5) is 5.69 Å². The van der Waals surface area contributed by atoms with Gasteiger partial charge in [-0.1, -0.05) is 68.3 Å². The van der Waals surface area contributed by atoms with E-state index < -0.39 is 47.8 Å². The Bertz CT molecular complexity index is 2080. The van der Waals surface area contributed by atoms with Crippen LogP contribution in [0, 0.1) is 0 Å². The molecule has 2 aromatic heterocycles. The predicted octanol–water partition coefficient (Wildman–Crippen LogP) is 2.47. The van der Waals surface area contributed by atoms with Crippen LogP contribution in [0.2, 0.25) is 0 Å². The van der Waals surface area contributed by atoms with Gasteiger partial charge in [0.1, 0.15) is 24.4 Å². The molecule has 286 valence electrons. The molecule has 0 bridgehead atoms. The summed E-state index contributed by atoms with van der Waals surface area (Å²) in [6.45, 7) is 1.97. The second kappa shape index (κ2) is 19.3. The van der Waals surface area contributed by atoms with Crippen LogP contribution in [0.1, 0.15) is 53.4 Å². The molecule has 5 aromatic rings. The van der Waals surface area contributed by atoms with Crippen LogP contribution in [-0.4, -0.2) is 75.0 Å². The summed E-state index contributed by atoms with van der Waals surface area (Å²) in [5.41, 5.74) is 14.9. The smallest absolute Gasteiger partial charge is 0.251 e. The molecule has 3 aromatic carbocycles. The van der Waals surface area contributed by atoms with Crippen molar-refractivity contribution in [3.05, 3.63) is 120 Å². The quantitative estimate of drug-likeness (QED) is 0.0354. The Balaban J connectivity index is 1.38. The van der Waals surface area contributed by atoms with Gasteiger partial charge in [-0.3, -0.25) is 19.2 Å². The maximum atomic E-state index is 14.2. The van der Waals surface area contributed by atoms with E-state index >= 15 is 0 Å². The third-order valence-electron chi connectivity index (χ3n) is 8.99. The highest BCUT2D eigenvalue weighted by molar-refractivity contribution is 5.99. The number of aromatic nitrogens is 3. The minimum Gasteiger partial charge on any atom is -0.370 e. The molecule has 15 nitrogen and oxygen atoms in total. The highest BCUT2D eigenvalue weighted by atomic mass is 16.2. The van der Waals surface area contributed by atoms with Gasteiger partial charge in [-0.25, -0.2) is 9.98 Å². The first-order valence-corrected chi connectivity index (χ1v) is 18.1. The molecule has 5 rings (SSSR count). The maximum Gasteiger partial charge on any atom is 0.251 e. The first-order valence-electron chi connectivity index (χ1n) is 18.1. The lowest BCUT2D eigenvalue weighted by molar-refractivity contribution is -0.133. The molecule has 10 N–H and O–H groups in total. The molecule has 4 amide bonds. The summed E-state index contributed by atoms with van der Waals surface area (Å²) in [5.74, 6) is -2.38. The van der Waals surface area contributed by atoms with Gasteiger partial charge in [0, 0.05) is 53.8 Å². The van der Waals surface area contributed by atoms with Crippen molar-refractivity contribution in [1.29, 1.82) is 0 Å². The average molecular weight is 747 g/mol. The molecule has 0 fully saturated rings. The summed E-state index contributed by atoms with van der Waals surface area (Å²) in [5, 5.41) is 12.2. The Morgan fingerprint density at radius 2 is 1.45 bits per heavy atom. The summed E-state index contributed by atoms with van der Waals surface area (Å²) in [6, 6.07) is 18.7. The van der Waals surface area contributed by atoms with E-state index in [1.54, 1.807) is 60.8 Å². The number of guanidine groups is 1. The van der Waals surface area contributed by atoms with Crippen LogP contribution in [0.5, 0.6) is 0 Å². The van der Waals surface area contributed by atoms with Gasteiger partial charge in [-0.2, -0.15) is 0 Å². The number of carbonyl (C=O) groups excluding carboxylic acids is 5. The van der Waals surface area contributed by atoms with Crippen LogP contribution in [0.15, 0.2) is 103 Å². The lowest BCUT2D eigenvalue weighted by atomic mass is 10.0. The van der Waals surface area contributed by atoms with Crippen molar-refractivity contribution >= 4 is 52.5 Å². The molecule has 0 aliphatic rings. The first kappa shape index (κ1) is 39.4. The third-order valence-corrected chi connectivity index (χ3v) is 8.99. The Morgan fingerprint density at radius 1 is 0.782 bits per heavy atom. The monoisotopic (exact) mass is 746 g/mol. The van der Waals surface area contributed by atoms with Gasteiger partial charge < -0.3 is 47.5 Å². The molecule has 55 heavy (non-hydrogen) atoms. The largest absolute Gasteiger partial charge is 0.370 e. The maximum absolute atomic E-state index is 14.2. The Hall–Kier alpha value is -6.77. The molecule has 2 heterocycles. The number of nitrogens with zero attached hydrogens (tertiary/aromatic N) is 2. The van der Waals surface area contributed by atoms with Gasteiger partial charge in [-0.15, -0.1) is 0 Å². The Kier molecular flexibility index (Phi) is 13.9. The zero-order chi connectivity index (χ0) is 39.2. The van der Waals surface area contributed by atoms with Crippen LogP contribution >= 0.6 is 0 Å². The number of nitrogens with two attached hydrogens (primary N) is 2. The van der Waals surface area contributed by atoms with Gasteiger partial charge in [0.25, 0.3) is 5.91 Å². The highest BCUT2D eigenvalue weighted by Gasteiger charge is 2.31. The van der Waals surface area contributed by atoms with Crippen LogP contribution < -0.4 is 32.7 Å². The molecule has 0 aliphatic heterocycles. The molecular weight excluding hydrogens is 701 g/mol. The highest BCUT2D eigenvalue weighted by Crippen LogP contribution is 2.19. The van der Waals surface area contributed by atoms with Crippen molar-refractivity contribution in [2.45, 2.75) is 69.6 Å². The van der Waals surface area contributed by atoms with Crippen molar-refractivity contribution in [2.24, 2.45) is 16.5 Å². The van der Waals surface area contributed by atoms with Crippen LogP contribution in [0.3, 0.4) is 0 Å². The number of imidazole rings is 1. The van der Waals surface area contributed by atoms with Crippen LogP contribution in [0.25, 0.3) is 10.9 Å². The number of carbonyl (C=O) groups is 5. The molecule has 0 saturated heterocycles. The Labute approximate surface area is 318 Å². The summed E-state index contributed by atoms with van der Waals surface area (Å²) in [6.07, 6.45) is 7.42. The van der Waals surface area contributed by atoms with E-state index in [-0.39, 0.29) is 25.2 Å². The van der Waals surface area contributed by atoms with Gasteiger partial charge in [0.05, 0.1) is 18.1 Å². The number of fused-ring (bicyclic) bond motifs is 1. The van der Waals surface area contributed by atoms with Crippen molar-refractivity contribution in [3.63, 3.8) is 0 Å². The van der Waals surface area contributed by atoms with E-state index in [1.807, 2.05) is 31.2 Å². The molecule has 4 atom stereocenters. The zero-order valence-corrected chi connectivity index (χ0v) is 30.5. The van der Waals surface area contributed by atoms with Gasteiger partial charge >= 0.3 is 0 Å². The van der Waals surface area contributed by atoms with Crippen molar-refractivity contribution in [3.8, 4) is 0 Å². The number of rotatable bonds is 19. The normalized spacial score (nSPS) is 13.1. The van der Waals surface area contributed by atoms with E-state index in [9.17, 15) is 24.0 Å². The predicted molar refractivity (Wildman–Crippen MR) is 209 cm³/mol. The number of hydrogen-bond acceptors (Lipinski definition) is 7. The van der Waals surface area contributed by atoms with Crippen molar-refractivity contribution < 1.29 is 24.0 Å². The summed E-state index contributed by atoms with van der Waals surface area (Å²) in [4.78, 5) is 81.6. The molecule has 15 heteroatoms. The van der Waals surface area contributed by atoms with E-state index in [0.29, 0.717) is 41.6 Å². The van der Waals surface area contributed by atoms with Crippen molar-refractivity contribution in [2.75, 3.05) is 0 Å². The fourth-order valence-electron chi connectivity index (χ4n) is 6.13. The minimum atomic E-state index is -1.18. The molecule has 0 unspecified atom stereocenters. The molecular formula is C40H46N10O5. The number of amides is 4. The number of H-pyrrole nitrogens is 2. The van der Waals surface area contributed by atoms with E-state index in [4.69, 9.17) is 11.5 Å². The lowest BCUT2D eigenvalue weighted by Gasteiger charge is -2.26. The van der Waals surface area contributed by atoms with Gasteiger partial charge in [0.2, 0.25) is 17.7 Å². The average Bonchev–Trinajstić information content (AvgIpc) is 3.86. The Morgan fingerprint density at radius 3 is 2.13 bits per heavy atom. The number of aromatic amines is 2. The second-order valence-electron chi connectivity index (χ2n) is 13.2. The minimum absolute atomic E-state index is 0.00375. The number of hydrogen-bond donors (Lipinski definition) is 8. The number of nitrogens with one attached hydrogen (secondary N) is 6. The van der Waals surface area contributed by atoms with Gasteiger partial charge in [0.15, 0.2) is 5.96 Å². The lowest BCUT2D eigenvalue weighted by Crippen LogP contribution is -2.58. The number of aldehydes is 1. The second-order valence-corrected chi connectivity index (χ2v) is 13.2. The van der Waals surface area contributed by atoms with E-state index in [1.165, 1.54) is 12.5 Å². The standard InChI is InChI=1S/C40H46N10O5/c1-2-3-12-33(48-36(52)26-9-5-4-6-10-26)37(53)50-35(20-29-22-43-24-45-29)39(55)49-34(18-25-14-16-28(17-15-25)47-40(41)42)38(54)46-30(23-51)19-27-21-44-32-13-8-7-11-31(27)32/h4-11,13-17,21-24,30,33-35,44H,2-3,12,18-20H2,1H3,(H,43,45)(H,46,54)(H,48,52)(H,49,55)(H,50,53)(H4,41,42,47)/t30-,33-,34-,35-/m0/s1. The number of para-hydroxylation sites is 1. The summed E-state index contributed by atoms with van der Waals surface area (Å²) >= 11 is 0. The number of aliphatic imine (C=N–C) groups is 1. The zero-order valence-electron chi connectivity index (χ0n) is 30.5. The topological polar surface area (TPSA) is 242 Å². The summed E-state index contributed by atoms with van der Waals surface area (Å²) < 4.78 is 0. The molecule has 0 radical (unpaired) electrons. The number of benzene rings is 3. The van der Waals surface area contributed by atoms with E-state index in [2.05, 4.69) is 41.2 Å². The molecule has 0 aliphatic carbocycles. The molecule has 0 spiro atoms. The first-order chi connectivity index (χ1) is 26.6. The fraction of sp³-hybridized carbons (Fsp3) is 0.275. The summed E-state index contributed by atoms with van der Waals surface area (Å²) in [7, 11) is 0. The van der Waals surface area contributed by atoms with E-state index in [0.717, 1.165) is 22.9 Å². The molecule has 0 saturated carbocycles. The van der Waals surface area contributed by atoms with Crippen molar-refractivity contribution in [1.82, 2.24) is 36.2 Å². The van der Waals surface area contributed by atoms with Crippen LogP contribution in [-0.2, 0) is 38.4 Å². The SMILES string of the molecule is CCCC[C@H](NC(=O)c1ccccc1)C(=O)N[C@@H](Cc1cnc[nH]1)C(=O)N[C@@H](Cc1ccc(N=C(N)N)cc1)C(=O)N[C@H](C=O)Cc1c[nH]c2ccccc12. The fourth-order valence-corrected chi connectivity index (χ4v) is 6.13. The number of unbranched alkanes of at least 4 members (excludes halogenated alkanes) is 1.